The van der Waals surface area contributed by atoms with E-state index in [0.29, 0.717) is 38.6 Å². The first-order valence-electron chi connectivity index (χ1n) is 9.04. The van der Waals surface area contributed by atoms with Gasteiger partial charge in [0.05, 0.1) is 17.8 Å². The van der Waals surface area contributed by atoms with Crippen LogP contribution in [0.2, 0.25) is 0 Å². The minimum Gasteiger partial charge on any atom is -0.481 e. The van der Waals surface area contributed by atoms with Crippen LogP contribution in [0.15, 0.2) is 12.4 Å². The molecule has 142 valence electrons. The lowest BCUT2D eigenvalue weighted by molar-refractivity contribution is -0.142. The van der Waals surface area contributed by atoms with Gasteiger partial charge >= 0.3 is 12.0 Å². The second-order valence-electron chi connectivity index (χ2n) is 7.06. The second kappa shape index (κ2) is 7.76. The number of rotatable bonds is 4. The molecule has 26 heavy (non-hydrogen) atoms. The Morgan fingerprint density at radius 1 is 1.19 bits per heavy atom. The molecule has 9 heteroatoms. The van der Waals surface area contributed by atoms with Crippen LogP contribution in [-0.4, -0.2) is 51.4 Å². The van der Waals surface area contributed by atoms with Gasteiger partial charge < -0.3 is 20.6 Å². The van der Waals surface area contributed by atoms with Gasteiger partial charge in [-0.25, -0.2) is 4.79 Å². The van der Waals surface area contributed by atoms with Crippen LogP contribution in [-0.2, 0) is 16.6 Å². The molecule has 2 fully saturated rings. The summed E-state index contributed by atoms with van der Waals surface area (Å²) in [6.45, 7) is 0.615. The van der Waals surface area contributed by atoms with Crippen LogP contribution >= 0.6 is 0 Å². The maximum atomic E-state index is 12.7. The van der Waals surface area contributed by atoms with Gasteiger partial charge in [-0.05, 0) is 38.5 Å². The molecule has 1 saturated carbocycles. The second-order valence-corrected chi connectivity index (χ2v) is 7.06. The topological polar surface area (TPSA) is 117 Å². The van der Waals surface area contributed by atoms with E-state index in [1.807, 2.05) is 0 Å². The van der Waals surface area contributed by atoms with Gasteiger partial charge in [-0.15, -0.1) is 0 Å². The molecule has 0 bridgehead atoms. The molecule has 1 atom stereocenters. The number of aromatic nitrogens is 2. The van der Waals surface area contributed by atoms with E-state index in [1.165, 1.54) is 0 Å². The van der Waals surface area contributed by atoms with Gasteiger partial charge in [0.2, 0.25) is 5.91 Å². The molecule has 3 rings (SSSR count). The molecule has 9 nitrogen and oxygen atoms in total. The number of carbonyl (C=O) groups excluding carboxylic acids is 2. The summed E-state index contributed by atoms with van der Waals surface area (Å²) >= 11 is 0. The third kappa shape index (κ3) is 4.14. The molecule has 3 N–H and O–H groups in total. The van der Waals surface area contributed by atoms with E-state index in [4.69, 9.17) is 5.11 Å². The van der Waals surface area contributed by atoms with E-state index in [0.717, 1.165) is 12.1 Å². The SMILES string of the molecule is Cn1cc(N2CCCC(NC(=O)NC3CCC(C(=O)O)CC3)C2=O)cn1. The van der Waals surface area contributed by atoms with Crippen LogP contribution in [0, 0.1) is 5.92 Å². The van der Waals surface area contributed by atoms with Gasteiger partial charge in [-0.2, -0.15) is 5.10 Å². The Morgan fingerprint density at radius 2 is 1.92 bits per heavy atom. The minimum absolute atomic E-state index is 0.0429. The fourth-order valence-electron chi connectivity index (χ4n) is 3.68. The fourth-order valence-corrected chi connectivity index (χ4v) is 3.68. The number of carboxylic acid groups (broad SMARTS) is 1. The zero-order valence-electron chi connectivity index (χ0n) is 14.9. The van der Waals surface area contributed by atoms with Gasteiger partial charge in [0.25, 0.3) is 0 Å². The number of anilines is 1. The van der Waals surface area contributed by atoms with Crippen molar-refractivity contribution in [3.8, 4) is 0 Å². The van der Waals surface area contributed by atoms with Crippen LogP contribution < -0.4 is 15.5 Å². The fraction of sp³-hybridized carbons (Fsp3) is 0.647. The van der Waals surface area contributed by atoms with Crippen molar-refractivity contribution in [2.45, 2.75) is 50.6 Å². The Bertz CT molecular complexity index is 680. The maximum Gasteiger partial charge on any atom is 0.315 e. The Hall–Kier alpha value is -2.58. The normalized spacial score (nSPS) is 26.4. The van der Waals surface area contributed by atoms with Crippen molar-refractivity contribution >= 4 is 23.6 Å². The quantitative estimate of drug-likeness (QED) is 0.733. The third-order valence-corrected chi connectivity index (χ3v) is 5.16. The molecule has 0 radical (unpaired) electrons. The van der Waals surface area contributed by atoms with Crippen molar-refractivity contribution < 1.29 is 19.5 Å². The molecule has 2 aliphatic rings. The summed E-state index contributed by atoms with van der Waals surface area (Å²) < 4.78 is 1.64. The molecule has 1 aliphatic heterocycles. The van der Waals surface area contributed by atoms with E-state index in [1.54, 1.807) is 29.0 Å². The Morgan fingerprint density at radius 3 is 2.54 bits per heavy atom. The van der Waals surface area contributed by atoms with E-state index >= 15 is 0 Å². The van der Waals surface area contributed by atoms with Crippen LogP contribution in [0.5, 0.6) is 0 Å². The molecular formula is C17H25N5O4. The highest BCUT2D eigenvalue weighted by atomic mass is 16.4. The standard InChI is InChI=1S/C17H25N5O4/c1-21-10-13(9-18-21)22-8-2-3-14(15(22)23)20-17(26)19-12-6-4-11(5-7-12)16(24)25/h9-12,14H,2-8H2,1H3,(H,24,25)(H2,19,20,26). The third-order valence-electron chi connectivity index (χ3n) is 5.16. The molecule has 0 aromatic carbocycles. The van der Waals surface area contributed by atoms with Crippen molar-refractivity contribution in [3.63, 3.8) is 0 Å². The van der Waals surface area contributed by atoms with Crippen molar-refractivity contribution in [3.05, 3.63) is 12.4 Å². The Balaban J connectivity index is 1.51. The number of nitrogens with one attached hydrogen (secondary N) is 2. The lowest BCUT2D eigenvalue weighted by Crippen LogP contribution is -2.55. The molecule has 1 saturated heterocycles. The number of carboxylic acids is 1. The summed E-state index contributed by atoms with van der Waals surface area (Å²) in [6, 6.07) is -0.965. The predicted octanol–water partition coefficient (Wildman–Crippen LogP) is 0.858. The summed E-state index contributed by atoms with van der Waals surface area (Å²) in [7, 11) is 1.79. The Labute approximate surface area is 151 Å². The van der Waals surface area contributed by atoms with Crippen molar-refractivity contribution in [2.24, 2.45) is 13.0 Å². The largest absolute Gasteiger partial charge is 0.481 e. The van der Waals surface area contributed by atoms with Gasteiger partial charge in [0.1, 0.15) is 6.04 Å². The number of piperidine rings is 1. The van der Waals surface area contributed by atoms with E-state index in [-0.39, 0.29) is 23.9 Å². The van der Waals surface area contributed by atoms with E-state index in [9.17, 15) is 14.4 Å². The predicted molar refractivity (Wildman–Crippen MR) is 93.6 cm³/mol. The van der Waals surface area contributed by atoms with Gasteiger partial charge in [-0.1, -0.05) is 0 Å². The number of nitrogens with zero attached hydrogens (tertiary/aromatic N) is 3. The Kier molecular flexibility index (Phi) is 5.43. The minimum atomic E-state index is -0.767. The van der Waals surface area contributed by atoms with Crippen molar-refractivity contribution in [1.29, 1.82) is 0 Å². The summed E-state index contributed by atoms with van der Waals surface area (Å²) in [5, 5.41) is 18.8. The summed E-state index contributed by atoms with van der Waals surface area (Å²) in [4.78, 5) is 37.6. The molecule has 0 spiro atoms. The molecule has 1 aliphatic carbocycles. The number of hydrogen-bond donors (Lipinski definition) is 3. The highest BCUT2D eigenvalue weighted by Crippen LogP contribution is 2.24. The molecule has 3 amide bonds. The van der Waals surface area contributed by atoms with Gasteiger partial charge in [0, 0.05) is 25.8 Å². The zero-order chi connectivity index (χ0) is 18.7. The zero-order valence-corrected chi connectivity index (χ0v) is 14.9. The first kappa shape index (κ1) is 18.2. The van der Waals surface area contributed by atoms with Crippen molar-refractivity contribution in [1.82, 2.24) is 20.4 Å². The van der Waals surface area contributed by atoms with Crippen LogP contribution in [0.1, 0.15) is 38.5 Å². The number of aliphatic carboxylic acids is 1. The first-order chi connectivity index (χ1) is 12.4. The average molecular weight is 363 g/mol. The highest BCUT2D eigenvalue weighted by Gasteiger charge is 2.32. The maximum absolute atomic E-state index is 12.7. The molecule has 1 unspecified atom stereocenters. The number of aryl methyl sites for hydroxylation is 1. The molecule has 1 aromatic rings. The van der Waals surface area contributed by atoms with Crippen LogP contribution in [0.3, 0.4) is 0 Å². The number of carbonyl (C=O) groups is 3. The number of amides is 3. The molecule has 2 heterocycles. The van der Waals surface area contributed by atoms with E-state index in [2.05, 4.69) is 15.7 Å². The molecule has 1 aromatic heterocycles. The number of urea groups is 1. The molecular weight excluding hydrogens is 338 g/mol. The smallest absolute Gasteiger partial charge is 0.315 e. The lowest BCUT2D eigenvalue weighted by atomic mass is 9.86. The van der Waals surface area contributed by atoms with Crippen LogP contribution in [0.25, 0.3) is 0 Å². The lowest BCUT2D eigenvalue weighted by Gasteiger charge is -2.32. The summed E-state index contributed by atoms with van der Waals surface area (Å²) in [6.07, 6.45) is 7.25. The van der Waals surface area contributed by atoms with Gasteiger partial charge in [0.15, 0.2) is 0 Å². The first-order valence-corrected chi connectivity index (χ1v) is 9.04. The monoisotopic (exact) mass is 363 g/mol. The average Bonchev–Trinajstić information content (AvgIpc) is 3.03. The highest BCUT2D eigenvalue weighted by molar-refractivity contribution is 5.99. The number of hydrogen-bond acceptors (Lipinski definition) is 4. The summed E-state index contributed by atoms with van der Waals surface area (Å²) in [5.74, 6) is -1.21. The van der Waals surface area contributed by atoms with Gasteiger partial charge in [-0.3, -0.25) is 14.3 Å². The summed E-state index contributed by atoms with van der Waals surface area (Å²) in [5.41, 5.74) is 0.733. The van der Waals surface area contributed by atoms with Crippen LogP contribution in [0.4, 0.5) is 10.5 Å². The van der Waals surface area contributed by atoms with Crippen molar-refractivity contribution in [2.75, 3.05) is 11.4 Å². The van der Waals surface area contributed by atoms with E-state index < -0.39 is 12.0 Å².